The quantitative estimate of drug-likeness (QED) is 0.129. The van der Waals surface area contributed by atoms with Gasteiger partial charge in [0.25, 0.3) is 20.2 Å². The van der Waals surface area contributed by atoms with Gasteiger partial charge in [-0.05, 0) is 47.5 Å². The molecule has 2 rings (SSSR count). The van der Waals surface area contributed by atoms with Crippen LogP contribution in [0.1, 0.15) is 11.1 Å². The zero-order valence-electron chi connectivity index (χ0n) is 15.6. The van der Waals surface area contributed by atoms with Crippen LogP contribution >= 0.6 is 0 Å². The van der Waals surface area contributed by atoms with Crippen molar-refractivity contribution in [2.45, 2.75) is 9.79 Å². The van der Waals surface area contributed by atoms with Gasteiger partial charge in [0.05, 0.1) is 12.4 Å². The third-order valence-corrected chi connectivity index (χ3v) is 5.25. The summed E-state index contributed by atoms with van der Waals surface area (Å²) in [6.45, 7) is 0. The van der Waals surface area contributed by atoms with Crippen molar-refractivity contribution in [1.29, 1.82) is 0 Å². The SMILES string of the molecule is O=C(N/N=C\c1ccc(O)c(S(=O)(=O)O)c1)C(=O)N/N=C/c1ccc(O)c(S(=O)(=O)O)c1. The Morgan fingerprint density at radius 2 is 1.06 bits per heavy atom. The molecular weight excluding hydrogens is 472 g/mol. The number of nitrogens with zero attached hydrogens (tertiary/aromatic N) is 2. The highest BCUT2D eigenvalue weighted by Gasteiger charge is 2.17. The number of hydrazone groups is 2. The normalized spacial score (nSPS) is 12.2. The Morgan fingerprint density at radius 1 is 0.719 bits per heavy atom. The number of phenols is 2. The van der Waals surface area contributed by atoms with Crippen molar-refractivity contribution in [1.82, 2.24) is 10.9 Å². The molecule has 2 amide bonds. The third-order valence-electron chi connectivity index (χ3n) is 3.49. The van der Waals surface area contributed by atoms with Gasteiger partial charge in [0, 0.05) is 0 Å². The minimum Gasteiger partial charge on any atom is -0.506 e. The van der Waals surface area contributed by atoms with Crippen LogP contribution in [0.5, 0.6) is 11.5 Å². The Morgan fingerprint density at radius 3 is 1.38 bits per heavy atom. The van der Waals surface area contributed by atoms with E-state index in [1.54, 1.807) is 0 Å². The molecule has 16 heteroatoms. The Kier molecular flexibility index (Phi) is 7.26. The number of aromatic hydroxyl groups is 2. The summed E-state index contributed by atoms with van der Waals surface area (Å²) < 4.78 is 62.5. The third kappa shape index (κ3) is 6.57. The molecule has 170 valence electrons. The summed E-state index contributed by atoms with van der Waals surface area (Å²) in [5.74, 6) is -3.97. The second kappa shape index (κ2) is 9.52. The average Bonchev–Trinajstić information content (AvgIpc) is 2.68. The summed E-state index contributed by atoms with van der Waals surface area (Å²) in [5, 5.41) is 25.7. The summed E-state index contributed by atoms with van der Waals surface area (Å²) in [6.07, 6.45) is 1.85. The Balaban J connectivity index is 1.99. The lowest BCUT2D eigenvalue weighted by Crippen LogP contribution is -2.35. The van der Waals surface area contributed by atoms with Gasteiger partial charge in [-0.3, -0.25) is 18.7 Å². The molecule has 0 aliphatic heterocycles. The van der Waals surface area contributed by atoms with E-state index in [2.05, 4.69) is 10.2 Å². The van der Waals surface area contributed by atoms with Crippen LogP contribution < -0.4 is 10.9 Å². The van der Waals surface area contributed by atoms with E-state index >= 15 is 0 Å². The Labute approximate surface area is 180 Å². The molecule has 0 saturated carbocycles. The molecule has 0 unspecified atom stereocenters. The number of nitrogens with one attached hydrogen (secondary N) is 2. The minimum atomic E-state index is -4.70. The van der Waals surface area contributed by atoms with Crippen LogP contribution in [0.2, 0.25) is 0 Å². The molecule has 0 atom stereocenters. The largest absolute Gasteiger partial charge is 0.506 e. The maximum atomic E-state index is 11.7. The molecule has 0 fully saturated rings. The Bertz CT molecular complexity index is 1230. The van der Waals surface area contributed by atoms with Gasteiger partial charge in [-0.1, -0.05) is 0 Å². The fourth-order valence-electron chi connectivity index (χ4n) is 2.07. The van der Waals surface area contributed by atoms with E-state index in [-0.39, 0.29) is 11.1 Å². The van der Waals surface area contributed by atoms with E-state index in [1.807, 2.05) is 10.9 Å². The van der Waals surface area contributed by atoms with Gasteiger partial charge in [-0.2, -0.15) is 27.0 Å². The van der Waals surface area contributed by atoms with Crippen LogP contribution in [-0.4, -0.2) is 60.4 Å². The second-order valence-corrected chi connectivity index (χ2v) is 8.58. The molecule has 0 bridgehead atoms. The van der Waals surface area contributed by atoms with Gasteiger partial charge in [0.2, 0.25) is 0 Å². The van der Waals surface area contributed by atoms with E-state index in [9.17, 15) is 36.6 Å². The predicted octanol–water partition coefficient (Wildman–Crippen LogP) is -0.808. The van der Waals surface area contributed by atoms with Crippen molar-refractivity contribution in [3.63, 3.8) is 0 Å². The highest BCUT2D eigenvalue weighted by atomic mass is 32.2. The van der Waals surface area contributed by atoms with Gasteiger partial charge in [0.1, 0.15) is 21.3 Å². The fourth-order valence-corrected chi connectivity index (χ4v) is 3.30. The highest BCUT2D eigenvalue weighted by molar-refractivity contribution is 7.86. The fraction of sp³-hybridized carbons (Fsp3) is 0. The maximum absolute atomic E-state index is 11.7. The van der Waals surface area contributed by atoms with Crippen LogP contribution in [0.25, 0.3) is 0 Å². The summed E-state index contributed by atoms with van der Waals surface area (Å²) in [7, 11) is -9.40. The van der Waals surface area contributed by atoms with Crippen LogP contribution in [0.3, 0.4) is 0 Å². The monoisotopic (exact) mass is 486 g/mol. The lowest BCUT2D eigenvalue weighted by molar-refractivity contribution is -0.139. The van der Waals surface area contributed by atoms with Crippen molar-refractivity contribution in [3.8, 4) is 11.5 Å². The topological polar surface area (TPSA) is 232 Å². The van der Waals surface area contributed by atoms with E-state index in [1.165, 1.54) is 12.1 Å². The first-order valence-corrected chi connectivity index (χ1v) is 10.9. The molecule has 0 saturated heterocycles. The lowest BCUT2D eigenvalue weighted by atomic mass is 10.2. The van der Waals surface area contributed by atoms with Gasteiger partial charge in [-0.15, -0.1) is 0 Å². The molecule has 2 aromatic carbocycles. The number of amides is 2. The maximum Gasteiger partial charge on any atom is 0.331 e. The van der Waals surface area contributed by atoms with Crippen LogP contribution in [0.15, 0.2) is 56.4 Å². The molecule has 32 heavy (non-hydrogen) atoms. The molecule has 0 aliphatic rings. The van der Waals surface area contributed by atoms with E-state index in [4.69, 9.17) is 9.11 Å². The highest BCUT2D eigenvalue weighted by Crippen LogP contribution is 2.23. The first-order chi connectivity index (χ1) is 14.8. The zero-order chi connectivity index (χ0) is 24.1. The smallest absolute Gasteiger partial charge is 0.331 e. The van der Waals surface area contributed by atoms with Gasteiger partial charge >= 0.3 is 11.8 Å². The van der Waals surface area contributed by atoms with E-state index in [0.717, 1.165) is 36.7 Å². The summed E-state index contributed by atoms with van der Waals surface area (Å²) >= 11 is 0. The summed E-state index contributed by atoms with van der Waals surface area (Å²) in [5.41, 5.74) is 3.73. The summed E-state index contributed by atoms with van der Waals surface area (Å²) in [4.78, 5) is 21.7. The van der Waals surface area contributed by atoms with Gasteiger partial charge < -0.3 is 10.2 Å². The molecular formula is C16H14N4O10S2. The number of carbonyl (C=O) groups is 2. The molecule has 0 spiro atoms. The van der Waals surface area contributed by atoms with Crippen molar-refractivity contribution in [3.05, 3.63) is 47.5 Å². The first kappa shape index (κ1) is 24.4. The zero-order valence-corrected chi connectivity index (χ0v) is 17.2. The standard InChI is InChI=1S/C16H14N4O10S2/c21-11-3-1-9(5-13(11)31(25,26)27)7-17-19-15(23)16(24)20-18-8-10-2-4-12(22)14(6-10)32(28,29)30/h1-8,21-22H,(H,19,23)(H,20,24)(H,25,26,27)(H,28,29,30)/b17-7-,18-8+. The van der Waals surface area contributed by atoms with Crippen LogP contribution in [-0.2, 0) is 29.8 Å². The van der Waals surface area contributed by atoms with Crippen LogP contribution in [0, 0.1) is 0 Å². The van der Waals surface area contributed by atoms with Gasteiger partial charge in [0.15, 0.2) is 0 Å². The number of phenolic OH excluding ortho intramolecular Hbond substituents is 2. The minimum absolute atomic E-state index is 0.0520. The van der Waals surface area contributed by atoms with E-state index < -0.39 is 53.3 Å². The van der Waals surface area contributed by atoms with Crippen molar-refractivity contribution in [2.75, 3.05) is 0 Å². The second-order valence-electron chi connectivity index (χ2n) is 5.80. The van der Waals surface area contributed by atoms with Crippen molar-refractivity contribution in [2.24, 2.45) is 10.2 Å². The van der Waals surface area contributed by atoms with Crippen molar-refractivity contribution < 1.29 is 45.7 Å². The lowest BCUT2D eigenvalue weighted by Gasteiger charge is -2.03. The number of rotatable bonds is 6. The number of carbonyl (C=O) groups excluding carboxylic acids is 2. The van der Waals surface area contributed by atoms with E-state index in [0.29, 0.717) is 0 Å². The molecule has 0 radical (unpaired) electrons. The summed E-state index contributed by atoms with van der Waals surface area (Å²) in [6, 6.07) is 6.08. The molecule has 2 aromatic rings. The van der Waals surface area contributed by atoms with Crippen LogP contribution in [0.4, 0.5) is 0 Å². The molecule has 0 heterocycles. The average molecular weight is 486 g/mol. The van der Waals surface area contributed by atoms with Gasteiger partial charge in [-0.25, -0.2) is 10.9 Å². The number of hydrogen-bond acceptors (Lipinski definition) is 10. The number of hydrogen-bond donors (Lipinski definition) is 6. The first-order valence-electron chi connectivity index (χ1n) is 8.06. The van der Waals surface area contributed by atoms with Crippen molar-refractivity contribution >= 4 is 44.5 Å². The number of benzene rings is 2. The molecule has 14 nitrogen and oxygen atoms in total. The molecule has 0 aliphatic carbocycles. The predicted molar refractivity (Wildman–Crippen MR) is 107 cm³/mol. The molecule has 0 aromatic heterocycles. The molecule has 6 N–H and O–H groups in total. The Hall–Kier alpha value is -3.86.